The van der Waals surface area contributed by atoms with Gasteiger partial charge in [-0.1, -0.05) is 47.5 Å². The van der Waals surface area contributed by atoms with E-state index in [-0.39, 0.29) is 21.9 Å². The first-order chi connectivity index (χ1) is 14.3. The Morgan fingerprint density at radius 2 is 1.50 bits per heavy atom. The van der Waals surface area contributed by atoms with Gasteiger partial charge in [-0.05, 0) is 67.2 Å². The van der Waals surface area contributed by atoms with Gasteiger partial charge >= 0.3 is 0 Å². The summed E-state index contributed by atoms with van der Waals surface area (Å²) in [4.78, 5) is 24.8. The Balaban J connectivity index is 1.65. The average molecular weight is 458 g/mol. The number of nitrogens with one attached hydrogen (secondary N) is 3. The molecule has 0 atom stereocenters. The van der Waals surface area contributed by atoms with Gasteiger partial charge in [0, 0.05) is 22.0 Å². The first kappa shape index (κ1) is 21.8. The number of aryl methyl sites for hydroxylation is 1. The van der Waals surface area contributed by atoms with Crippen LogP contribution in [0.25, 0.3) is 0 Å². The van der Waals surface area contributed by atoms with Crippen LogP contribution in [0.5, 0.6) is 0 Å². The fourth-order valence-corrected chi connectivity index (χ4v) is 3.41. The van der Waals surface area contributed by atoms with Crippen LogP contribution >= 0.6 is 35.4 Å². The van der Waals surface area contributed by atoms with E-state index in [1.165, 1.54) is 6.07 Å². The lowest BCUT2D eigenvalue weighted by atomic mass is 10.1. The van der Waals surface area contributed by atoms with Crippen LogP contribution in [0, 0.1) is 6.92 Å². The van der Waals surface area contributed by atoms with Gasteiger partial charge in [-0.3, -0.25) is 14.9 Å². The molecular weight excluding hydrogens is 441 g/mol. The molecule has 3 rings (SSSR count). The van der Waals surface area contributed by atoms with E-state index in [0.29, 0.717) is 27.5 Å². The molecule has 0 aliphatic rings. The lowest BCUT2D eigenvalue weighted by Gasteiger charge is -2.12. The summed E-state index contributed by atoms with van der Waals surface area (Å²) in [5, 5.41) is 9.21. The number of carbonyl (C=O) groups is 2. The van der Waals surface area contributed by atoms with E-state index in [9.17, 15) is 9.59 Å². The Bertz CT molecular complexity index is 1130. The summed E-state index contributed by atoms with van der Waals surface area (Å²) >= 11 is 17.2. The van der Waals surface area contributed by atoms with Crippen molar-refractivity contribution >= 4 is 63.7 Å². The Kier molecular flexibility index (Phi) is 7.05. The van der Waals surface area contributed by atoms with Crippen LogP contribution in [0.4, 0.5) is 11.4 Å². The van der Waals surface area contributed by atoms with E-state index in [4.69, 9.17) is 35.4 Å². The average Bonchev–Trinajstić information content (AvgIpc) is 2.68. The molecule has 0 fully saturated rings. The summed E-state index contributed by atoms with van der Waals surface area (Å²) in [5.41, 5.74) is 2.83. The van der Waals surface area contributed by atoms with E-state index < -0.39 is 0 Å². The molecule has 0 spiro atoms. The molecule has 152 valence electrons. The number of rotatable bonds is 4. The molecule has 8 heteroatoms. The highest BCUT2D eigenvalue weighted by Crippen LogP contribution is 2.23. The molecule has 5 nitrogen and oxygen atoms in total. The topological polar surface area (TPSA) is 70.2 Å². The summed E-state index contributed by atoms with van der Waals surface area (Å²) in [7, 11) is 0. The zero-order valence-electron chi connectivity index (χ0n) is 15.8. The quantitative estimate of drug-likeness (QED) is 0.440. The van der Waals surface area contributed by atoms with E-state index in [2.05, 4.69) is 16.0 Å². The Morgan fingerprint density at radius 3 is 2.20 bits per heavy atom. The van der Waals surface area contributed by atoms with Gasteiger partial charge in [0.15, 0.2) is 5.11 Å². The molecule has 3 N–H and O–H groups in total. The van der Waals surface area contributed by atoms with Crippen molar-refractivity contribution in [2.24, 2.45) is 0 Å². The molecule has 2 amide bonds. The molecule has 0 bridgehead atoms. The first-order valence-electron chi connectivity index (χ1n) is 8.88. The highest BCUT2D eigenvalue weighted by atomic mass is 35.5. The van der Waals surface area contributed by atoms with E-state index in [0.717, 1.165) is 5.56 Å². The maximum Gasteiger partial charge on any atom is 0.257 e. The second kappa shape index (κ2) is 9.71. The van der Waals surface area contributed by atoms with Crippen LogP contribution in [-0.2, 0) is 0 Å². The highest BCUT2D eigenvalue weighted by molar-refractivity contribution is 7.80. The number of hydrogen-bond donors (Lipinski definition) is 3. The number of hydrogen-bond acceptors (Lipinski definition) is 3. The van der Waals surface area contributed by atoms with Gasteiger partial charge in [-0.15, -0.1) is 0 Å². The molecule has 0 aliphatic heterocycles. The minimum atomic E-state index is -0.371. The maximum atomic E-state index is 12.5. The van der Waals surface area contributed by atoms with Crippen LogP contribution in [0.2, 0.25) is 10.0 Å². The molecule has 3 aromatic carbocycles. The molecule has 3 aromatic rings. The molecular formula is C22H17Cl2N3O2S. The van der Waals surface area contributed by atoms with Gasteiger partial charge < -0.3 is 10.6 Å². The molecule has 0 aromatic heterocycles. The predicted molar refractivity (Wildman–Crippen MR) is 126 cm³/mol. The fraction of sp³-hybridized carbons (Fsp3) is 0.0455. The van der Waals surface area contributed by atoms with Crippen molar-refractivity contribution in [3.8, 4) is 0 Å². The second-order valence-corrected chi connectivity index (χ2v) is 7.63. The summed E-state index contributed by atoms with van der Waals surface area (Å²) in [5.74, 6) is -0.670. The summed E-state index contributed by atoms with van der Waals surface area (Å²) in [6, 6.07) is 18.8. The van der Waals surface area contributed by atoms with Gasteiger partial charge in [0.25, 0.3) is 11.8 Å². The lowest BCUT2D eigenvalue weighted by Crippen LogP contribution is -2.34. The first-order valence-corrected chi connectivity index (χ1v) is 10.0. The van der Waals surface area contributed by atoms with Crippen molar-refractivity contribution < 1.29 is 9.59 Å². The summed E-state index contributed by atoms with van der Waals surface area (Å²) < 4.78 is 0. The van der Waals surface area contributed by atoms with Crippen LogP contribution in [0.1, 0.15) is 26.3 Å². The summed E-state index contributed by atoms with van der Waals surface area (Å²) in [6.45, 7) is 1.85. The number of benzene rings is 3. The molecule has 0 aliphatic carbocycles. The van der Waals surface area contributed by atoms with Crippen molar-refractivity contribution in [2.75, 3.05) is 10.6 Å². The molecule has 0 radical (unpaired) electrons. The monoisotopic (exact) mass is 457 g/mol. The van der Waals surface area contributed by atoms with Crippen molar-refractivity contribution in [3.05, 3.63) is 93.5 Å². The number of anilines is 2. The number of amides is 2. The zero-order valence-corrected chi connectivity index (χ0v) is 18.2. The Hall–Kier alpha value is -2.93. The predicted octanol–water partition coefficient (Wildman–Crippen LogP) is 5.68. The van der Waals surface area contributed by atoms with Crippen LogP contribution in [0.15, 0.2) is 66.7 Å². The number of halogens is 2. The van der Waals surface area contributed by atoms with Crippen molar-refractivity contribution in [1.29, 1.82) is 0 Å². The minimum Gasteiger partial charge on any atom is -0.332 e. The van der Waals surface area contributed by atoms with Crippen molar-refractivity contribution in [2.45, 2.75) is 6.92 Å². The number of thiocarbonyl (C=S) groups is 1. The molecule has 0 saturated heterocycles. The molecule has 30 heavy (non-hydrogen) atoms. The molecule has 0 unspecified atom stereocenters. The van der Waals surface area contributed by atoms with Gasteiger partial charge in [0.2, 0.25) is 0 Å². The number of carbonyl (C=O) groups excluding carboxylic acids is 2. The van der Waals surface area contributed by atoms with E-state index in [1.54, 1.807) is 48.5 Å². The highest BCUT2D eigenvalue weighted by Gasteiger charge is 2.12. The van der Waals surface area contributed by atoms with Gasteiger partial charge in [0.05, 0.1) is 10.6 Å². The van der Waals surface area contributed by atoms with Crippen molar-refractivity contribution in [1.82, 2.24) is 5.32 Å². The SMILES string of the molecule is Cc1ccccc1C(=O)NC(=S)Nc1cccc(NC(=O)c2ccc(Cl)cc2Cl)c1. The third-order valence-corrected chi connectivity index (χ3v) is 4.92. The van der Waals surface area contributed by atoms with E-state index >= 15 is 0 Å². The normalized spacial score (nSPS) is 10.2. The third kappa shape index (κ3) is 5.57. The van der Waals surface area contributed by atoms with Gasteiger partial charge in [-0.2, -0.15) is 0 Å². The van der Waals surface area contributed by atoms with E-state index in [1.807, 2.05) is 19.1 Å². The largest absolute Gasteiger partial charge is 0.332 e. The van der Waals surface area contributed by atoms with Gasteiger partial charge in [-0.25, -0.2) is 0 Å². The van der Waals surface area contributed by atoms with Gasteiger partial charge in [0.1, 0.15) is 0 Å². The Morgan fingerprint density at radius 1 is 0.800 bits per heavy atom. The van der Waals surface area contributed by atoms with Crippen LogP contribution < -0.4 is 16.0 Å². The molecule has 0 heterocycles. The second-order valence-electron chi connectivity index (χ2n) is 6.38. The van der Waals surface area contributed by atoms with Crippen molar-refractivity contribution in [3.63, 3.8) is 0 Å². The van der Waals surface area contributed by atoms with Crippen LogP contribution in [-0.4, -0.2) is 16.9 Å². The lowest BCUT2D eigenvalue weighted by molar-refractivity contribution is 0.0975. The standard InChI is InChI=1S/C22H17Cl2N3O2S/c1-13-5-2-3-8-17(13)20(28)27-22(30)26-16-7-4-6-15(12-16)25-21(29)18-10-9-14(23)11-19(18)24/h2-12H,1H3,(H,25,29)(H2,26,27,28,30). The third-order valence-electron chi connectivity index (χ3n) is 4.17. The fourth-order valence-electron chi connectivity index (χ4n) is 2.71. The zero-order chi connectivity index (χ0) is 21.7. The Labute approximate surface area is 189 Å². The molecule has 0 saturated carbocycles. The smallest absolute Gasteiger partial charge is 0.257 e. The minimum absolute atomic E-state index is 0.146. The maximum absolute atomic E-state index is 12.5. The van der Waals surface area contributed by atoms with Crippen LogP contribution in [0.3, 0.4) is 0 Å². The summed E-state index contributed by atoms with van der Waals surface area (Å²) in [6.07, 6.45) is 0.